The van der Waals surface area contributed by atoms with E-state index in [0.717, 1.165) is 71.0 Å². The van der Waals surface area contributed by atoms with E-state index in [2.05, 4.69) is 130 Å². The van der Waals surface area contributed by atoms with Crippen LogP contribution in [0.25, 0.3) is 101 Å². The predicted molar refractivity (Wildman–Crippen MR) is 407 cm³/mol. The molecular formula is C91H64N6OSi. The van der Waals surface area contributed by atoms with Gasteiger partial charge in [-0.25, -0.2) is 19.9 Å². The third-order valence-corrected chi connectivity index (χ3v) is 24.0. The molecule has 17 aromatic rings. The second-order valence-electron chi connectivity index (χ2n) is 25.0. The van der Waals surface area contributed by atoms with E-state index in [1.807, 2.05) is 243 Å². The van der Waals surface area contributed by atoms with Crippen LogP contribution in [0.4, 0.5) is 0 Å². The highest BCUT2D eigenvalue weighted by molar-refractivity contribution is 7.20. The third-order valence-electron chi connectivity index (χ3n) is 19.3. The summed E-state index contributed by atoms with van der Waals surface area (Å²) in [6.45, 7) is 0. The molecule has 13 aromatic carbocycles. The van der Waals surface area contributed by atoms with Crippen LogP contribution in [0, 0.1) is 0 Å². The van der Waals surface area contributed by atoms with E-state index in [4.69, 9.17) is 24.7 Å². The largest absolute Gasteiger partial charge is 0.457 e. The van der Waals surface area contributed by atoms with Gasteiger partial charge in [0.05, 0.1) is 44.8 Å². The molecule has 468 valence electrons. The van der Waals surface area contributed by atoms with Gasteiger partial charge in [0.15, 0.2) is 13.9 Å². The van der Waals surface area contributed by atoms with Crippen molar-refractivity contribution in [3.8, 4) is 84.6 Å². The first-order chi connectivity index (χ1) is 50.6. The van der Waals surface area contributed by atoms with E-state index in [1.165, 1.54) is 0 Å². The minimum absolute atomic E-state index is 0.0236. The molecule has 1 aliphatic rings. The van der Waals surface area contributed by atoms with Crippen LogP contribution >= 0.6 is 0 Å². The third kappa shape index (κ3) is 10.1. The standard InChI is InChI=1S/C91H64N6OSi/c1-9-33-63(34-10-1)77-59-69(84(64-35-11-2-12-36-64)86(92-77)66-39-15-4-16-40-66)61-91(62-78-85(65-37-13-3-14-38-65)87(67-41-17-5-18-42-67)95-89(93-78)68-43-19-6-20-44-68)74-51-25-30-57-82(74)98-88-75(91)52-32-58-83(88)99(71-46-21-7-22-47-71,72-48-23-8-24-49-72)73-50-31-45-70(60-73)96-80-55-28-29-56-81(80)97-79-54-27-26-53-76(79)94-90(96)97/h1-60H,61-62H2/i61D2,62D2. The van der Waals surface area contributed by atoms with Crippen LogP contribution in [0.2, 0.25) is 0 Å². The molecule has 1 atom stereocenters. The summed E-state index contributed by atoms with van der Waals surface area (Å²) in [5.41, 5.74) is 9.62. The Bertz CT molecular complexity index is 5810. The van der Waals surface area contributed by atoms with E-state index < -0.39 is 26.2 Å². The van der Waals surface area contributed by atoms with Gasteiger partial charge >= 0.3 is 0 Å². The zero-order chi connectivity index (χ0) is 69.3. The lowest BCUT2D eigenvalue weighted by Crippen LogP contribution is -2.75. The topological polar surface area (TPSA) is 70.1 Å². The van der Waals surface area contributed by atoms with Crippen molar-refractivity contribution >= 4 is 56.7 Å². The summed E-state index contributed by atoms with van der Waals surface area (Å²) in [7, 11) is -3.94. The number of pyridine rings is 1. The molecule has 0 amide bonds. The van der Waals surface area contributed by atoms with Crippen molar-refractivity contribution in [3.63, 3.8) is 0 Å². The van der Waals surface area contributed by atoms with Gasteiger partial charge in [-0.15, -0.1) is 0 Å². The molecule has 0 fully saturated rings. The molecule has 1 aliphatic heterocycles. The molecule has 0 radical (unpaired) electrons. The molecule has 0 N–H and O–H groups in total. The molecule has 0 saturated carbocycles. The van der Waals surface area contributed by atoms with Crippen LogP contribution in [-0.4, -0.2) is 37.0 Å². The van der Waals surface area contributed by atoms with E-state index in [1.54, 1.807) is 0 Å². The molecule has 5 heterocycles. The number of ether oxygens (including phenoxy) is 1. The zero-order valence-electron chi connectivity index (χ0n) is 57.7. The smallest absolute Gasteiger partial charge is 0.220 e. The molecule has 0 bridgehead atoms. The number of hydrogen-bond donors (Lipinski definition) is 0. The maximum Gasteiger partial charge on any atom is 0.220 e. The average Bonchev–Trinajstić information content (AvgIpc) is 1.18. The summed E-state index contributed by atoms with van der Waals surface area (Å²) in [5.74, 6) is 1.64. The van der Waals surface area contributed by atoms with Crippen molar-refractivity contribution in [1.82, 2.24) is 28.9 Å². The molecule has 0 saturated heterocycles. The Balaban J connectivity index is 1.02. The minimum atomic E-state index is -3.94. The Labute approximate surface area is 581 Å². The quantitative estimate of drug-likeness (QED) is 0.0756. The zero-order valence-corrected chi connectivity index (χ0v) is 54.7. The Hall–Kier alpha value is -12.6. The molecule has 8 heteroatoms. The van der Waals surface area contributed by atoms with Crippen molar-refractivity contribution in [1.29, 1.82) is 0 Å². The Kier molecular flexibility index (Phi) is 13.7. The number of benzene rings is 13. The van der Waals surface area contributed by atoms with Gasteiger partial charge < -0.3 is 4.74 Å². The normalized spacial score (nSPS) is 14.3. The van der Waals surface area contributed by atoms with E-state index in [-0.39, 0.29) is 34.0 Å². The van der Waals surface area contributed by atoms with Gasteiger partial charge in [0.2, 0.25) is 5.78 Å². The number of para-hydroxylation sites is 6. The van der Waals surface area contributed by atoms with Crippen molar-refractivity contribution in [2.24, 2.45) is 0 Å². The number of rotatable bonds is 15. The van der Waals surface area contributed by atoms with E-state index in [0.29, 0.717) is 50.6 Å². The predicted octanol–water partition coefficient (Wildman–Crippen LogP) is 18.9. The molecule has 0 spiro atoms. The van der Waals surface area contributed by atoms with Gasteiger partial charge in [0, 0.05) is 67.5 Å². The first-order valence-corrected chi connectivity index (χ1v) is 35.4. The van der Waals surface area contributed by atoms with E-state index >= 15 is 0 Å². The lowest BCUT2D eigenvalue weighted by molar-refractivity contribution is 0.386. The molecular weight excluding hydrogens is 1220 g/mol. The van der Waals surface area contributed by atoms with Gasteiger partial charge in [-0.3, -0.25) is 8.97 Å². The van der Waals surface area contributed by atoms with Crippen molar-refractivity contribution in [2.45, 2.75) is 18.2 Å². The summed E-state index contributed by atoms with van der Waals surface area (Å²) >= 11 is 0. The lowest BCUT2D eigenvalue weighted by Gasteiger charge is -2.44. The Morgan fingerprint density at radius 2 is 0.848 bits per heavy atom. The first kappa shape index (κ1) is 54.6. The van der Waals surface area contributed by atoms with Crippen molar-refractivity contribution in [2.75, 3.05) is 0 Å². The maximum atomic E-state index is 12.4. The fourth-order valence-corrected chi connectivity index (χ4v) is 19.8. The number of hydrogen-bond acceptors (Lipinski definition) is 5. The SMILES string of the molecule is [2H]C([2H])(c1cc(-c2ccccc2)nc(-c2ccccc2)c1-c1ccccc1)C1(C([2H])([2H])c2nc(-c3ccccc3)nc(-c3ccccc3)c2-c2ccccc2)c2ccccc2Oc2c1cccc2[Si](c1ccccc1)(c1ccccc1)c1cccc(-n2c3ccccc3n3c4ccccc4nc23)c1. The Morgan fingerprint density at radius 3 is 1.48 bits per heavy atom. The molecule has 4 aromatic heterocycles. The molecule has 99 heavy (non-hydrogen) atoms. The maximum absolute atomic E-state index is 12.4. The monoisotopic (exact) mass is 1290 g/mol. The fourth-order valence-electron chi connectivity index (χ4n) is 14.9. The molecule has 1 unspecified atom stereocenters. The van der Waals surface area contributed by atoms with Gasteiger partial charge in [-0.2, -0.15) is 0 Å². The summed E-state index contributed by atoms with van der Waals surface area (Å²) in [6, 6.07) is 121. The minimum Gasteiger partial charge on any atom is -0.457 e. The van der Waals surface area contributed by atoms with Crippen LogP contribution in [0.5, 0.6) is 11.5 Å². The first-order valence-electron chi connectivity index (χ1n) is 35.4. The van der Waals surface area contributed by atoms with Crippen molar-refractivity contribution < 1.29 is 10.2 Å². The van der Waals surface area contributed by atoms with Gasteiger partial charge in [-0.1, -0.05) is 315 Å². The molecule has 0 aliphatic carbocycles. The number of fused-ring (bicyclic) bond motifs is 7. The molecule has 18 rings (SSSR count). The second-order valence-corrected chi connectivity index (χ2v) is 28.7. The van der Waals surface area contributed by atoms with Crippen LogP contribution in [-0.2, 0) is 18.2 Å². The van der Waals surface area contributed by atoms with Crippen LogP contribution in [0.3, 0.4) is 0 Å². The van der Waals surface area contributed by atoms with Crippen molar-refractivity contribution in [3.05, 3.63) is 386 Å². The average molecular weight is 1290 g/mol. The second kappa shape index (κ2) is 24.9. The number of nitrogens with zero attached hydrogens (tertiary/aromatic N) is 6. The van der Waals surface area contributed by atoms with Gasteiger partial charge in [0.1, 0.15) is 11.5 Å². The highest BCUT2D eigenvalue weighted by atomic mass is 28.3. The number of aromatic nitrogens is 6. The number of imidazole rings is 2. The summed E-state index contributed by atoms with van der Waals surface area (Å²) < 4.78 is 61.9. The van der Waals surface area contributed by atoms with Crippen LogP contribution < -0.4 is 25.5 Å². The van der Waals surface area contributed by atoms with Gasteiger partial charge in [-0.05, 0) is 92.3 Å². The van der Waals surface area contributed by atoms with Crippen LogP contribution in [0.1, 0.15) is 27.9 Å². The van der Waals surface area contributed by atoms with E-state index in [9.17, 15) is 5.48 Å². The fraction of sp³-hybridized carbons (Fsp3) is 0.0330. The van der Waals surface area contributed by atoms with Gasteiger partial charge in [0.25, 0.3) is 0 Å². The Morgan fingerprint density at radius 1 is 0.364 bits per heavy atom. The van der Waals surface area contributed by atoms with Crippen LogP contribution in [0.15, 0.2) is 364 Å². The molecule has 7 nitrogen and oxygen atoms in total. The highest BCUT2D eigenvalue weighted by Gasteiger charge is 2.50. The summed E-state index contributed by atoms with van der Waals surface area (Å²) in [4.78, 5) is 22.1. The lowest BCUT2D eigenvalue weighted by atomic mass is 9.64. The highest BCUT2D eigenvalue weighted by Crippen LogP contribution is 2.54. The summed E-state index contributed by atoms with van der Waals surface area (Å²) in [5, 5.41) is 3.79. The summed E-state index contributed by atoms with van der Waals surface area (Å²) in [6.07, 6.45) is -5.79.